The third-order valence-corrected chi connectivity index (χ3v) is 16.4. The zero-order chi connectivity index (χ0) is 33.0. The molecule has 3 aromatic carbocycles. The molecule has 0 unspecified atom stereocenters. The third kappa shape index (κ3) is 6.91. The third-order valence-electron chi connectivity index (χ3n) is 11.3. The number of hydrogen-bond donors (Lipinski definition) is 0. The Morgan fingerprint density at radius 3 is 1.93 bits per heavy atom. The van der Waals surface area contributed by atoms with Crippen LogP contribution in [-0.4, -0.2) is 26.8 Å². The molecule has 1 fully saturated rings. The van der Waals surface area contributed by atoms with Crippen molar-refractivity contribution in [2.24, 2.45) is 16.7 Å². The lowest BCUT2D eigenvalue weighted by molar-refractivity contribution is -0.151. The van der Waals surface area contributed by atoms with E-state index in [0.29, 0.717) is 19.0 Å². The van der Waals surface area contributed by atoms with Crippen LogP contribution >= 0.6 is 0 Å². The molecule has 2 aliphatic rings. The summed E-state index contributed by atoms with van der Waals surface area (Å²) in [7, 11) is -2.57. The van der Waals surface area contributed by atoms with Crippen molar-refractivity contribution in [3.8, 4) is 0 Å². The van der Waals surface area contributed by atoms with Gasteiger partial charge in [-0.1, -0.05) is 150 Å². The first kappa shape index (κ1) is 34.5. The second kappa shape index (κ2) is 14.1. The second-order valence-corrected chi connectivity index (χ2v) is 20.0. The van der Waals surface area contributed by atoms with Gasteiger partial charge in [0.1, 0.15) is 6.10 Å². The van der Waals surface area contributed by atoms with E-state index in [1.54, 1.807) is 5.57 Å². The second-order valence-electron chi connectivity index (χ2n) is 15.7. The topological polar surface area (TPSA) is 35.5 Å². The van der Waals surface area contributed by atoms with Gasteiger partial charge >= 0.3 is 0 Å². The molecule has 46 heavy (non-hydrogen) atoms. The Morgan fingerprint density at radius 1 is 0.804 bits per heavy atom. The summed E-state index contributed by atoms with van der Waals surface area (Å²) in [5, 5.41) is 2.58. The molecule has 0 N–H and O–H groups in total. The number of carbonyl (C=O) groups is 1. The Labute approximate surface area is 279 Å². The van der Waals surface area contributed by atoms with Gasteiger partial charge in [-0.05, 0) is 71.8 Å². The Hall–Kier alpha value is -2.79. The van der Waals surface area contributed by atoms with Crippen molar-refractivity contribution in [1.82, 2.24) is 0 Å². The molecule has 0 aliphatic heterocycles. The number of Topliss-reactive ketones (excluding diaryl/α,β-unsaturated/α-hetero) is 1. The number of ether oxygens (including phenoxy) is 1. The fourth-order valence-electron chi connectivity index (χ4n) is 8.58. The molecule has 0 amide bonds. The molecule has 2 bridgehead atoms. The van der Waals surface area contributed by atoms with Gasteiger partial charge < -0.3 is 9.16 Å². The van der Waals surface area contributed by atoms with E-state index in [1.807, 2.05) is 18.2 Å². The molecule has 0 radical (unpaired) electrons. The summed E-state index contributed by atoms with van der Waals surface area (Å²) in [6, 6.07) is 32.1. The highest BCUT2D eigenvalue weighted by Crippen LogP contribution is 2.53. The molecule has 3 nitrogen and oxygen atoms in total. The minimum atomic E-state index is -2.57. The van der Waals surface area contributed by atoms with Crippen molar-refractivity contribution in [2.45, 2.75) is 111 Å². The van der Waals surface area contributed by atoms with Crippen molar-refractivity contribution in [3.63, 3.8) is 0 Å². The number of rotatable bonds is 11. The van der Waals surface area contributed by atoms with E-state index in [9.17, 15) is 4.79 Å². The average Bonchev–Trinajstić information content (AvgIpc) is 3.03. The summed E-state index contributed by atoms with van der Waals surface area (Å²) < 4.78 is 13.9. The van der Waals surface area contributed by atoms with Gasteiger partial charge in [0.05, 0.1) is 6.61 Å². The fourth-order valence-corrected chi connectivity index (χ4v) is 13.2. The lowest BCUT2D eigenvalue weighted by Gasteiger charge is -2.49. The van der Waals surface area contributed by atoms with E-state index in [1.165, 1.54) is 15.9 Å². The molecule has 3 aromatic rings. The number of allylic oxidation sites excluding steroid dienone is 2. The zero-order valence-electron chi connectivity index (χ0n) is 29.4. The number of ketones is 1. The quantitative estimate of drug-likeness (QED) is 0.120. The molecule has 0 spiro atoms. The van der Waals surface area contributed by atoms with E-state index >= 15 is 0 Å². The number of fused-ring (bicyclic) bond motifs is 2. The first-order chi connectivity index (χ1) is 21.9. The Morgan fingerprint density at radius 2 is 1.37 bits per heavy atom. The number of benzene rings is 3. The first-order valence-electron chi connectivity index (χ1n) is 17.5. The highest BCUT2D eigenvalue weighted by molar-refractivity contribution is 6.99. The maximum Gasteiger partial charge on any atom is 0.261 e. The van der Waals surface area contributed by atoms with Gasteiger partial charge in [0.25, 0.3) is 8.32 Å². The fraction of sp³-hybridized carbons (Fsp3) is 0.500. The van der Waals surface area contributed by atoms with Gasteiger partial charge in [-0.25, -0.2) is 0 Å². The zero-order valence-corrected chi connectivity index (χ0v) is 30.4. The van der Waals surface area contributed by atoms with Crippen molar-refractivity contribution in [1.29, 1.82) is 0 Å². The van der Waals surface area contributed by atoms with Crippen LogP contribution in [0.4, 0.5) is 0 Å². The van der Waals surface area contributed by atoms with E-state index in [2.05, 4.69) is 121 Å². The number of unbranched alkanes of at least 4 members (excludes halogenated alkanes) is 1. The average molecular weight is 637 g/mol. The van der Waals surface area contributed by atoms with Crippen LogP contribution in [0.3, 0.4) is 0 Å². The molecule has 2 aliphatic carbocycles. The highest BCUT2D eigenvalue weighted by Gasteiger charge is 2.52. The Bertz CT molecular complexity index is 1430. The lowest BCUT2D eigenvalue weighted by atomic mass is 9.57. The van der Waals surface area contributed by atoms with Crippen LogP contribution in [0.5, 0.6) is 0 Å². The normalized spacial score (nSPS) is 23.6. The number of carbonyl (C=O) groups excluding carboxylic acids is 1. The molecular weight excluding hydrogens is 581 g/mol. The van der Waals surface area contributed by atoms with Gasteiger partial charge in [-0.15, -0.1) is 0 Å². The predicted molar refractivity (Wildman–Crippen MR) is 194 cm³/mol. The van der Waals surface area contributed by atoms with Crippen LogP contribution in [0.15, 0.2) is 102 Å². The molecule has 3 atom stereocenters. The van der Waals surface area contributed by atoms with Crippen LogP contribution in [0.25, 0.3) is 0 Å². The van der Waals surface area contributed by atoms with Crippen molar-refractivity contribution in [2.75, 3.05) is 6.61 Å². The summed E-state index contributed by atoms with van der Waals surface area (Å²) in [5.74, 6) is 0.508. The van der Waals surface area contributed by atoms with Gasteiger partial charge in [0, 0.05) is 17.9 Å². The Kier molecular flexibility index (Phi) is 10.6. The van der Waals surface area contributed by atoms with Crippen LogP contribution in [0.1, 0.15) is 99.0 Å². The minimum Gasteiger partial charge on any atom is -0.407 e. The maximum atomic E-state index is 14.7. The Balaban J connectivity index is 1.34. The highest BCUT2D eigenvalue weighted by atomic mass is 28.4. The van der Waals surface area contributed by atoms with Crippen LogP contribution in [0.2, 0.25) is 5.04 Å². The molecule has 246 valence electrons. The SMILES string of the molecule is CC1=C2CC[C@](C)(CCCCO[Si](c3ccccc3)(c3ccccc3)C(C)(C)C)C(=O)[C@@H](OCc3ccccc3)[C@@H](CC1)C2(C)C. The van der Waals surface area contributed by atoms with Crippen LogP contribution < -0.4 is 10.4 Å². The van der Waals surface area contributed by atoms with Crippen molar-refractivity contribution >= 4 is 24.5 Å². The molecular formula is C42H56O3Si. The lowest BCUT2D eigenvalue weighted by Crippen LogP contribution is -2.66. The van der Waals surface area contributed by atoms with Gasteiger partial charge in [0.15, 0.2) is 5.78 Å². The molecule has 0 saturated heterocycles. The smallest absolute Gasteiger partial charge is 0.261 e. The van der Waals surface area contributed by atoms with E-state index in [-0.39, 0.29) is 16.4 Å². The van der Waals surface area contributed by atoms with E-state index in [0.717, 1.165) is 50.5 Å². The summed E-state index contributed by atoms with van der Waals surface area (Å²) in [6.07, 6.45) is 6.32. The van der Waals surface area contributed by atoms with Crippen LogP contribution in [0, 0.1) is 16.7 Å². The van der Waals surface area contributed by atoms with Crippen molar-refractivity contribution in [3.05, 3.63) is 108 Å². The largest absolute Gasteiger partial charge is 0.407 e. The van der Waals surface area contributed by atoms with Gasteiger partial charge in [-0.3, -0.25) is 4.79 Å². The van der Waals surface area contributed by atoms with E-state index < -0.39 is 19.8 Å². The number of hydrogen-bond acceptors (Lipinski definition) is 3. The minimum absolute atomic E-state index is 0.0374. The van der Waals surface area contributed by atoms with Gasteiger partial charge in [0.2, 0.25) is 0 Å². The predicted octanol–water partition coefficient (Wildman–Crippen LogP) is 9.44. The maximum absolute atomic E-state index is 14.7. The van der Waals surface area contributed by atoms with E-state index in [4.69, 9.17) is 9.16 Å². The summed E-state index contributed by atoms with van der Waals surface area (Å²) in [6.45, 7) is 17.4. The molecule has 0 aromatic heterocycles. The summed E-state index contributed by atoms with van der Waals surface area (Å²) in [5.41, 5.74) is 3.75. The van der Waals surface area contributed by atoms with Crippen molar-refractivity contribution < 1.29 is 14.0 Å². The molecule has 4 heteroatoms. The summed E-state index contributed by atoms with van der Waals surface area (Å²) >= 11 is 0. The molecule has 5 rings (SSSR count). The van der Waals surface area contributed by atoms with Crippen LogP contribution in [-0.2, 0) is 20.6 Å². The van der Waals surface area contributed by atoms with Gasteiger partial charge in [-0.2, -0.15) is 0 Å². The molecule has 1 saturated carbocycles. The summed E-state index contributed by atoms with van der Waals surface area (Å²) in [4.78, 5) is 14.7. The first-order valence-corrected chi connectivity index (χ1v) is 19.4. The standard InChI is InChI=1S/C42H56O3Si/c1-32-25-26-37-38(44-31-33-19-11-8-12-20-33)39(43)42(7,29-27-36(32)41(37,5)6)28-17-18-30-45-46(40(2,3)4,34-21-13-9-14-22-34)35-23-15-10-16-24-35/h8-16,19-24,37-38H,17-18,25-31H2,1-7H3/t37-,38+,42+/m1/s1. The molecule has 0 heterocycles. The monoisotopic (exact) mass is 636 g/mol.